The van der Waals surface area contributed by atoms with Crippen molar-refractivity contribution in [3.8, 4) is 11.5 Å². The van der Waals surface area contributed by atoms with Crippen molar-refractivity contribution in [3.05, 3.63) is 23.8 Å². The van der Waals surface area contributed by atoms with Crippen molar-refractivity contribution >= 4 is 11.8 Å². The highest BCUT2D eigenvalue weighted by Crippen LogP contribution is 2.63. The molecule has 154 valence electrons. The number of methoxy groups -OCH3 is 2. The van der Waals surface area contributed by atoms with Crippen molar-refractivity contribution in [2.75, 3.05) is 27.4 Å². The minimum absolute atomic E-state index is 0.0160. The lowest BCUT2D eigenvalue weighted by atomic mass is 9.63. The second kappa shape index (κ2) is 7.69. The molecule has 2 fully saturated rings. The Balaban J connectivity index is 2.05. The summed E-state index contributed by atoms with van der Waals surface area (Å²) in [5.41, 5.74) is -2.25. The Kier molecular flexibility index (Phi) is 5.65. The van der Waals surface area contributed by atoms with Gasteiger partial charge in [-0.05, 0) is 38.0 Å². The van der Waals surface area contributed by atoms with E-state index in [9.17, 15) is 19.8 Å². The molecular formula is C20H26O8. The van der Waals surface area contributed by atoms with Gasteiger partial charge in [-0.3, -0.25) is 9.59 Å². The van der Waals surface area contributed by atoms with E-state index < -0.39 is 28.9 Å². The van der Waals surface area contributed by atoms with Crippen LogP contribution in [0.2, 0.25) is 0 Å². The average molecular weight is 394 g/mol. The van der Waals surface area contributed by atoms with Crippen LogP contribution in [0.1, 0.15) is 36.5 Å². The zero-order chi connectivity index (χ0) is 20.5. The second-order valence-corrected chi connectivity index (χ2v) is 7.29. The summed E-state index contributed by atoms with van der Waals surface area (Å²) in [7, 11) is 2.95. The number of aromatic hydroxyl groups is 2. The van der Waals surface area contributed by atoms with Gasteiger partial charge in [-0.2, -0.15) is 0 Å². The minimum Gasteiger partial charge on any atom is -0.508 e. The molecule has 8 nitrogen and oxygen atoms in total. The summed E-state index contributed by atoms with van der Waals surface area (Å²) >= 11 is 0. The Morgan fingerprint density at radius 3 is 2.68 bits per heavy atom. The van der Waals surface area contributed by atoms with E-state index in [1.165, 1.54) is 32.4 Å². The number of ketones is 1. The van der Waals surface area contributed by atoms with E-state index in [4.69, 9.17) is 18.9 Å². The quantitative estimate of drug-likeness (QED) is 0.298. The third-order valence-corrected chi connectivity index (χ3v) is 6.09. The number of benzene rings is 1. The molecule has 0 amide bonds. The Morgan fingerprint density at radius 1 is 1.32 bits per heavy atom. The van der Waals surface area contributed by atoms with Crippen molar-refractivity contribution in [3.63, 3.8) is 0 Å². The molecule has 1 saturated carbocycles. The number of fused-ring (bicyclic) bond motifs is 1. The maximum Gasteiger partial charge on any atom is 0.313 e. The van der Waals surface area contributed by atoms with Gasteiger partial charge in [-0.25, -0.2) is 0 Å². The van der Waals surface area contributed by atoms with Gasteiger partial charge in [0.2, 0.25) is 0 Å². The molecule has 1 aromatic carbocycles. The maximum absolute atomic E-state index is 13.1. The summed E-state index contributed by atoms with van der Waals surface area (Å²) in [5, 5.41) is 19.8. The molecule has 0 radical (unpaired) electrons. The molecule has 0 aromatic heterocycles. The normalized spacial score (nSPS) is 29.1. The predicted octanol–water partition coefficient (Wildman–Crippen LogP) is 2.02. The molecule has 2 aliphatic rings. The fraction of sp³-hybridized carbons (Fsp3) is 0.600. The molecule has 0 bridgehead atoms. The first-order valence-corrected chi connectivity index (χ1v) is 9.26. The summed E-state index contributed by atoms with van der Waals surface area (Å²) in [6.07, 6.45) is -0.505. The van der Waals surface area contributed by atoms with E-state index in [-0.39, 0.29) is 36.2 Å². The molecule has 1 saturated heterocycles. The first-order valence-electron chi connectivity index (χ1n) is 9.26. The highest BCUT2D eigenvalue weighted by Gasteiger charge is 2.74. The van der Waals surface area contributed by atoms with Crippen LogP contribution in [0, 0.1) is 10.8 Å². The third kappa shape index (κ3) is 2.87. The summed E-state index contributed by atoms with van der Waals surface area (Å²) in [5.74, 6) is -1.38. The van der Waals surface area contributed by atoms with Gasteiger partial charge >= 0.3 is 5.97 Å². The summed E-state index contributed by atoms with van der Waals surface area (Å²) in [6.45, 7) is 2.30. The van der Waals surface area contributed by atoms with E-state index in [0.717, 1.165) is 0 Å². The van der Waals surface area contributed by atoms with E-state index in [1.807, 2.05) is 6.92 Å². The molecule has 0 spiro atoms. The van der Waals surface area contributed by atoms with Crippen LogP contribution >= 0.6 is 0 Å². The molecular weight excluding hydrogens is 368 g/mol. The molecule has 1 heterocycles. The monoisotopic (exact) mass is 394 g/mol. The van der Waals surface area contributed by atoms with Crippen molar-refractivity contribution in [1.29, 1.82) is 0 Å². The molecule has 8 heteroatoms. The fourth-order valence-electron chi connectivity index (χ4n) is 4.86. The van der Waals surface area contributed by atoms with E-state index in [2.05, 4.69) is 0 Å². The van der Waals surface area contributed by atoms with Crippen LogP contribution in [0.15, 0.2) is 18.2 Å². The Hall–Kier alpha value is -2.16. The summed E-state index contributed by atoms with van der Waals surface area (Å²) in [6, 6.07) is 3.71. The fourth-order valence-corrected chi connectivity index (χ4v) is 4.86. The average Bonchev–Trinajstić information content (AvgIpc) is 3.12. The molecule has 28 heavy (non-hydrogen) atoms. The van der Waals surface area contributed by atoms with Crippen LogP contribution in [0.4, 0.5) is 0 Å². The number of carbonyl (C=O) groups is 2. The number of phenolic OH excluding ortho intramolecular Hbond substituents is 2. The number of cyclic esters (lactones) is 1. The first-order chi connectivity index (χ1) is 13.4. The number of hydrogen-bond acceptors (Lipinski definition) is 8. The minimum atomic E-state index is -1.21. The topological polar surface area (TPSA) is 112 Å². The van der Waals surface area contributed by atoms with Gasteiger partial charge in [0.25, 0.3) is 0 Å². The van der Waals surface area contributed by atoms with Crippen molar-refractivity contribution < 1.29 is 38.7 Å². The molecule has 3 atom stereocenters. The van der Waals surface area contributed by atoms with Gasteiger partial charge in [0.05, 0.1) is 22.5 Å². The molecule has 1 aliphatic heterocycles. The van der Waals surface area contributed by atoms with Gasteiger partial charge in [0, 0.05) is 27.2 Å². The zero-order valence-corrected chi connectivity index (χ0v) is 16.3. The van der Waals surface area contributed by atoms with E-state index in [1.54, 1.807) is 0 Å². The lowest BCUT2D eigenvalue weighted by molar-refractivity contribution is -0.230. The molecule has 0 unspecified atom stereocenters. The molecule has 1 aromatic rings. The number of rotatable bonds is 8. The van der Waals surface area contributed by atoms with Crippen LogP contribution in [0.3, 0.4) is 0 Å². The number of esters is 1. The van der Waals surface area contributed by atoms with Crippen molar-refractivity contribution in [2.45, 2.75) is 38.6 Å². The van der Waals surface area contributed by atoms with Gasteiger partial charge in [0.15, 0.2) is 12.1 Å². The lowest BCUT2D eigenvalue weighted by Crippen LogP contribution is -2.55. The molecule has 3 rings (SSSR count). The Bertz CT molecular complexity index is 759. The number of ether oxygens (including phenoxy) is 4. The predicted molar refractivity (Wildman–Crippen MR) is 97.0 cm³/mol. The van der Waals surface area contributed by atoms with Crippen LogP contribution in [0.5, 0.6) is 11.5 Å². The van der Waals surface area contributed by atoms with Crippen LogP contribution < -0.4 is 0 Å². The highest BCUT2D eigenvalue weighted by atomic mass is 16.7. The zero-order valence-electron chi connectivity index (χ0n) is 16.3. The third-order valence-electron chi connectivity index (χ3n) is 6.09. The second-order valence-electron chi connectivity index (χ2n) is 7.29. The SMILES string of the molecule is CCO[C@H]1CC[C@@]2(CC(=O)c3cc(O)ccc3O)C(=O)OC[C@@]12C(OC)OC. The first kappa shape index (κ1) is 20.6. The van der Waals surface area contributed by atoms with Gasteiger partial charge < -0.3 is 29.2 Å². The van der Waals surface area contributed by atoms with Gasteiger partial charge in [-0.1, -0.05) is 0 Å². The maximum atomic E-state index is 13.1. The Labute approximate surface area is 163 Å². The molecule has 1 aliphatic carbocycles. The lowest BCUT2D eigenvalue weighted by Gasteiger charge is -2.43. The van der Waals surface area contributed by atoms with Gasteiger partial charge in [0.1, 0.15) is 18.1 Å². The number of phenols is 2. The van der Waals surface area contributed by atoms with Crippen molar-refractivity contribution in [2.24, 2.45) is 10.8 Å². The van der Waals surface area contributed by atoms with Crippen LogP contribution in [-0.4, -0.2) is 61.8 Å². The number of carbonyl (C=O) groups excluding carboxylic acids is 2. The number of Topliss-reactive ketones (excluding diaryl/α,β-unsaturated/α-hetero) is 1. The van der Waals surface area contributed by atoms with E-state index >= 15 is 0 Å². The largest absolute Gasteiger partial charge is 0.508 e. The Morgan fingerprint density at radius 2 is 2.04 bits per heavy atom. The number of hydrogen-bond donors (Lipinski definition) is 2. The summed E-state index contributed by atoms with van der Waals surface area (Å²) in [4.78, 5) is 26.0. The summed E-state index contributed by atoms with van der Waals surface area (Å²) < 4.78 is 22.4. The van der Waals surface area contributed by atoms with Crippen LogP contribution in [0.25, 0.3) is 0 Å². The van der Waals surface area contributed by atoms with Gasteiger partial charge in [-0.15, -0.1) is 0 Å². The smallest absolute Gasteiger partial charge is 0.313 e. The van der Waals surface area contributed by atoms with E-state index in [0.29, 0.717) is 19.4 Å². The van der Waals surface area contributed by atoms with Crippen LogP contribution in [-0.2, 0) is 23.7 Å². The highest BCUT2D eigenvalue weighted by molar-refractivity contribution is 6.02. The van der Waals surface area contributed by atoms with Crippen molar-refractivity contribution in [1.82, 2.24) is 0 Å². The molecule has 2 N–H and O–H groups in total. The standard InChI is InChI=1S/C20H26O8/c1-4-27-16-7-8-19(10-15(23)13-9-12(21)5-6-14(13)22)17(24)28-11-20(16,19)18(25-2)26-3/h5-6,9,16,18,21-22H,4,7-8,10-11H2,1-3H3/t16-,19+,20-/m0/s1.